The predicted molar refractivity (Wildman–Crippen MR) is 97.2 cm³/mol. The number of benzene rings is 2. The Morgan fingerprint density at radius 2 is 1.79 bits per heavy atom. The first kappa shape index (κ1) is 16.3. The summed E-state index contributed by atoms with van der Waals surface area (Å²) in [4.78, 5) is 0. The maximum atomic E-state index is 5.84. The second-order valence-corrected chi connectivity index (χ2v) is 5.81. The first-order chi connectivity index (χ1) is 11.8. The van der Waals surface area contributed by atoms with Crippen molar-refractivity contribution in [1.82, 2.24) is 15.5 Å². The maximum absolute atomic E-state index is 5.84. The lowest BCUT2D eigenvalue weighted by atomic mass is 10.1. The predicted octanol–water partition coefficient (Wildman–Crippen LogP) is 3.73. The van der Waals surface area contributed by atoms with E-state index in [-0.39, 0.29) is 0 Å². The summed E-state index contributed by atoms with van der Waals surface area (Å²) in [6, 6.07) is 18.5. The number of ether oxygens (including phenoxy) is 1. The quantitative estimate of drug-likeness (QED) is 0.697. The molecule has 0 atom stereocenters. The molecule has 0 amide bonds. The van der Waals surface area contributed by atoms with Gasteiger partial charge in [0.2, 0.25) is 0 Å². The zero-order valence-corrected chi connectivity index (χ0v) is 14.2. The van der Waals surface area contributed by atoms with Gasteiger partial charge in [-0.1, -0.05) is 30.3 Å². The standard InChI is InChI=1S/C20H23N3O/c1-15-19(14-21-2)22-23-20(15)17-8-10-18(11-9-17)24-13-12-16-6-4-3-5-7-16/h3-11,21H,12-14H2,1-2H3,(H,22,23). The second-order valence-electron chi connectivity index (χ2n) is 5.81. The van der Waals surface area contributed by atoms with E-state index < -0.39 is 0 Å². The number of hydrogen-bond acceptors (Lipinski definition) is 3. The Labute approximate surface area is 142 Å². The Morgan fingerprint density at radius 1 is 1.04 bits per heavy atom. The molecule has 0 bridgehead atoms. The van der Waals surface area contributed by atoms with Gasteiger partial charge >= 0.3 is 0 Å². The monoisotopic (exact) mass is 321 g/mol. The van der Waals surface area contributed by atoms with E-state index in [0.717, 1.165) is 35.7 Å². The van der Waals surface area contributed by atoms with Crippen molar-refractivity contribution in [2.45, 2.75) is 19.9 Å². The summed E-state index contributed by atoms with van der Waals surface area (Å²) >= 11 is 0. The highest BCUT2D eigenvalue weighted by Crippen LogP contribution is 2.25. The largest absolute Gasteiger partial charge is 0.493 e. The Hall–Kier alpha value is -2.59. The molecule has 0 aliphatic heterocycles. The van der Waals surface area contributed by atoms with Gasteiger partial charge in [0.1, 0.15) is 5.75 Å². The molecule has 3 rings (SSSR count). The molecule has 0 fully saturated rings. The zero-order chi connectivity index (χ0) is 16.8. The molecule has 0 saturated heterocycles. The van der Waals surface area contributed by atoms with Crippen LogP contribution in [0, 0.1) is 6.92 Å². The third-order valence-corrected chi connectivity index (χ3v) is 4.09. The van der Waals surface area contributed by atoms with Crippen LogP contribution in [0.25, 0.3) is 11.3 Å². The third-order valence-electron chi connectivity index (χ3n) is 4.09. The van der Waals surface area contributed by atoms with E-state index in [2.05, 4.69) is 58.8 Å². The molecular formula is C20H23N3O. The highest BCUT2D eigenvalue weighted by molar-refractivity contribution is 5.64. The highest BCUT2D eigenvalue weighted by atomic mass is 16.5. The van der Waals surface area contributed by atoms with Crippen LogP contribution in [-0.2, 0) is 13.0 Å². The lowest BCUT2D eigenvalue weighted by molar-refractivity contribution is 0.322. The van der Waals surface area contributed by atoms with Gasteiger partial charge < -0.3 is 10.1 Å². The molecule has 0 spiro atoms. The van der Waals surface area contributed by atoms with Crippen LogP contribution < -0.4 is 10.1 Å². The van der Waals surface area contributed by atoms with Gasteiger partial charge in [0.15, 0.2) is 0 Å². The fourth-order valence-electron chi connectivity index (χ4n) is 2.70. The lowest BCUT2D eigenvalue weighted by Crippen LogP contribution is -2.06. The molecule has 2 aromatic carbocycles. The molecule has 2 N–H and O–H groups in total. The summed E-state index contributed by atoms with van der Waals surface area (Å²) in [6.45, 7) is 3.56. The van der Waals surface area contributed by atoms with Crippen molar-refractivity contribution in [3.05, 3.63) is 71.4 Å². The Morgan fingerprint density at radius 3 is 2.50 bits per heavy atom. The molecule has 1 aromatic heterocycles. The number of H-pyrrole nitrogens is 1. The minimum Gasteiger partial charge on any atom is -0.493 e. The van der Waals surface area contributed by atoms with Crippen LogP contribution in [-0.4, -0.2) is 23.9 Å². The van der Waals surface area contributed by atoms with Crippen LogP contribution in [0.5, 0.6) is 5.75 Å². The van der Waals surface area contributed by atoms with Gasteiger partial charge in [-0.05, 0) is 49.4 Å². The van der Waals surface area contributed by atoms with E-state index in [1.165, 1.54) is 11.1 Å². The van der Waals surface area contributed by atoms with Crippen molar-refractivity contribution in [3.8, 4) is 17.0 Å². The maximum Gasteiger partial charge on any atom is 0.119 e. The van der Waals surface area contributed by atoms with Crippen molar-refractivity contribution in [1.29, 1.82) is 0 Å². The van der Waals surface area contributed by atoms with E-state index in [1.54, 1.807) is 0 Å². The molecular weight excluding hydrogens is 298 g/mol. The van der Waals surface area contributed by atoms with Crippen molar-refractivity contribution in [3.63, 3.8) is 0 Å². The fraction of sp³-hybridized carbons (Fsp3) is 0.250. The Bertz CT molecular complexity index is 763. The average molecular weight is 321 g/mol. The van der Waals surface area contributed by atoms with E-state index in [1.807, 2.05) is 25.2 Å². The fourth-order valence-corrected chi connectivity index (χ4v) is 2.70. The second kappa shape index (κ2) is 7.79. The van der Waals surface area contributed by atoms with Crippen LogP contribution in [0.15, 0.2) is 54.6 Å². The molecule has 4 heteroatoms. The van der Waals surface area contributed by atoms with Crippen LogP contribution in [0.4, 0.5) is 0 Å². The van der Waals surface area contributed by atoms with Crippen LogP contribution in [0.3, 0.4) is 0 Å². The number of aromatic amines is 1. The first-order valence-electron chi connectivity index (χ1n) is 8.23. The minimum atomic E-state index is 0.678. The van der Waals surface area contributed by atoms with Crippen LogP contribution in [0.2, 0.25) is 0 Å². The summed E-state index contributed by atoms with van der Waals surface area (Å²) in [7, 11) is 1.93. The van der Waals surface area contributed by atoms with Crippen molar-refractivity contribution < 1.29 is 4.74 Å². The molecule has 24 heavy (non-hydrogen) atoms. The van der Waals surface area contributed by atoms with Crippen LogP contribution >= 0.6 is 0 Å². The third kappa shape index (κ3) is 3.84. The number of nitrogens with zero attached hydrogens (tertiary/aromatic N) is 1. The molecule has 0 aliphatic rings. The van der Waals surface area contributed by atoms with Gasteiger partial charge in [0.05, 0.1) is 18.0 Å². The van der Waals surface area contributed by atoms with E-state index in [0.29, 0.717) is 6.61 Å². The van der Waals surface area contributed by atoms with Crippen molar-refractivity contribution in [2.75, 3.05) is 13.7 Å². The smallest absolute Gasteiger partial charge is 0.119 e. The molecule has 0 radical (unpaired) electrons. The highest BCUT2D eigenvalue weighted by Gasteiger charge is 2.10. The van der Waals surface area contributed by atoms with Gasteiger partial charge in [-0.2, -0.15) is 5.10 Å². The van der Waals surface area contributed by atoms with Crippen molar-refractivity contribution in [2.24, 2.45) is 0 Å². The van der Waals surface area contributed by atoms with Gasteiger partial charge in [0.25, 0.3) is 0 Å². The molecule has 0 saturated carbocycles. The topological polar surface area (TPSA) is 49.9 Å². The van der Waals surface area contributed by atoms with Gasteiger partial charge in [-0.3, -0.25) is 5.10 Å². The summed E-state index contributed by atoms with van der Waals surface area (Å²) in [5.41, 5.74) is 5.69. The number of hydrogen-bond donors (Lipinski definition) is 2. The van der Waals surface area contributed by atoms with E-state index >= 15 is 0 Å². The van der Waals surface area contributed by atoms with E-state index in [9.17, 15) is 0 Å². The lowest BCUT2D eigenvalue weighted by Gasteiger charge is -2.07. The van der Waals surface area contributed by atoms with Crippen molar-refractivity contribution >= 4 is 0 Å². The summed E-state index contributed by atoms with van der Waals surface area (Å²) in [6.07, 6.45) is 0.911. The molecule has 124 valence electrons. The Kier molecular flexibility index (Phi) is 5.29. The zero-order valence-electron chi connectivity index (χ0n) is 14.2. The average Bonchev–Trinajstić information content (AvgIpc) is 2.98. The normalized spacial score (nSPS) is 10.8. The molecule has 0 unspecified atom stereocenters. The minimum absolute atomic E-state index is 0.678. The number of nitrogens with one attached hydrogen (secondary N) is 2. The number of aromatic nitrogens is 2. The van der Waals surface area contributed by atoms with Gasteiger partial charge in [0, 0.05) is 18.5 Å². The SMILES string of the molecule is CNCc1[nH]nc(-c2ccc(OCCc3ccccc3)cc2)c1C. The molecule has 0 aliphatic carbocycles. The van der Waals surface area contributed by atoms with Gasteiger partial charge in [-0.15, -0.1) is 0 Å². The van der Waals surface area contributed by atoms with Gasteiger partial charge in [-0.25, -0.2) is 0 Å². The Balaban J connectivity index is 1.61. The number of rotatable bonds is 7. The molecule has 1 heterocycles. The summed E-state index contributed by atoms with van der Waals surface area (Å²) < 4.78 is 5.84. The molecule has 3 aromatic rings. The summed E-state index contributed by atoms with van der Waals surface area (Å²) in [5, 5.41) is 10.7. The van der Waals surface area contributed by atoms with Crippen LogP contribution in [0.1, 0.15) is 16.8 Å². The molecule has 4 nitrogen and oxygen atoms in total. The summed E-state index contributed by atoms with van der Waals surface area (Å²) in [5.74, 6) is 0.887. The van der Waals surface area contributed by atoms with E-state index in [4.69, 9.17) is 4.74 Å². The first-order valence-corrected chi connectivity index (χ1v) is 8.23.